The lowest BCUT2D eigenvalue weighted by atomic mass is 10.0. The predicted molar refractivity (Wildman–Crippen MR) is 118 cm³/mol. The van der Waals surface area contributed by atoms with Crippen molar-refractivity contribution in [3.8, 4) is 0 Å². The molecule has 2 atom stereocenters. The summed E-state index contributed by atoms with van der Waals surface area (Å²) in [6.07, 6.45) is 3.98. The van der Waals surface area contributed by atoms with Gasteiger partial charge in [-0.25, -0.2) is 4.79 Å². The highest BCUT2D eigenvalue weighted by Gasteiger charge is 2.54. The van der Waals surface area contributed by atoms with Crippen molar-refractivity contribution in [1.82, 2.24) is 9.88 Å². The Kier molecular flexibility index (Phi) is 6.67. The molecule has 1 saturated heterocycles. The summed E-state index contributed by atoms with van der Waals surface area (Å²) in [5, 5.41) is -0.0137. The van der Waals surface area contributed by atoms with E-state index in [0.29, 0.717) is 5.70 Å². The van der Waals surface area contributed by atoms with E-state index in [9.17, 15) is 9.59 Å². The molecule has 0 unspecified atom stereocenters. The van der Waals surface area contributed by atoms with Gasteiger partial charge >= 0.3 is 5.97 Å². The summed E-state index contributed by atoms with van der Waals surface area (Å²) in [5.41, 5.74) is 1.34. The number of carbonyl (C=O) groups is 2. The van der Waals surface area contributed by atoms with E-state index in [1.807, 2.05) is 31.8 Å². The van der Waals surface area contributed by atoms with Crippen LogP contribution in [0.1, 0.15) is 0 Å². The smallest absolute Gasteiger partial charge is 0.342 e. The molecule has 0 aliphatic carbocycles. The van der Waals surface area contributed by atoms with Crippen LogP contribution < -0.4 is 4.98 Å². The Labute approximate surface area is 170 Å². The minimum atomic E-state index is -2.03. The molecule has 2 aliphatic heterocycles. The SMILES string of the molecule is C[Si](C)(C)N[C@@H]1C(=O)N2C(C(=O)O[Si](C)(C)C)=C(/C=C/CI)CS[C@H]12. The van der Waals surface area contributed by atoms with Crippen LogP contribution in [0, 0.1) is 0 Å². The van der Waals surface area contributed by atoms with Crippen molar-refractivity contribution in [2.45, 2.75) is 50.7 Å². The zero-order chi connectivity index (χ0) is 19.0. The minimum Gasteiger partial charge on any atom is -0.515 e. The summed E-state index contributed by atoms with van der Waals surface area (Å²) >= 11 is 3.98. The first kappa shape index (κ1) is 21.2. The van der Waals surface area contributed by atoms with Gasteiger partial charge in [0.1, 0.15) is 25.3 Å². The lowest BCUT2D eigenvalue weighted by molar-refractivity contribution is -0.147. The number of nitrogens with zero attached hydrogens (tertiary/aromatic N) is 1. The number of carbonyl (C=O) groups excluding carboxylic acids is 2. The predicted octanol–water partition coefficient (Wildman–Crippen LogP) is 3.32. The molecule has 0 aromatic heterocycles. The number of hydrogen-bond acceptors (Lipinski definition) is 5. The van der Waals surface area contributed by atoms with Crippen molar-refractivity contribution in [2.75, 3.05) is 10.2 Å². The van der Waals surface area contributed by atoms with E-state index < -0.39 is 16.6 Å². The fourth-order valence-electron chi connectivity index (χ4n) is 2.74. The number of nitrogens with one attached hydrogen (secondary N) is 1. The van der Waals surface area contributed by atoms with E-state index >= 15 is 0 Å². The molecule has 0 bridgehead atoms. The largest absolute Gasteiger partial charge is 0.515 e. The molecule has 2 heterocycles. The Morgan fingerprint density at radius 3 is 2.52 bits per heavy atom. The van der Waals surface area contributed by atoms with Crippen LogP contribution >= 0.6 is 34.4 Å². The van der Waals surface area contributed by atoms with Gasteiger partial charge in [-0.05, 0) is 25.2 Å². The van der Waals surface area contributed by atoms with Gasteiger partial charge in [-0.3, -0.25) is 9.69 Å². The number of halogens is 1. The van der Waals surface area contributed by atoms with E-state index in [-0.39, 0.29) is 23.3 Å². The van der Waals surface area contributed by atoms with Gasteiger partial charge in [0.15, 0.2) is 0 Å². The molecule has 0 radical (unpaired) electrons. The highest BCUT2D eigenvalue weighted by molar-refractivity contribution is 14.1. The van der Waals surface area contributed by atoms with Crippen LogP contribution in [0.2, 0.25) is 39.3 Å². The number of amides is 1. The number of allylic oxidation sites excluding steroid dienone is 2. The lowest BCUT2D eigenvalue weighted by Crippen LogP contribution is -2.73. The van der Waals surface area contributed by atoms with Gasteiger partial charge in [0, 0.05) is 10.2 Å². The summed E-state index contributed by atoms with van der Waals surface area (Å²) in [6.45, 7) is 12.5. The summed E-state index contributed by atoms with van der Waals surface area (Å²) in [5.74, 6) is 0.363. The summed E-state index contributed by atoms with van der Waals surface area (Å²) in [4.78, 5) is 30.8. The van der Waals surface area contributed by atoms with E-state index in [1.54, 1.807) is 16.7 Å². The van der Waals surface area contributed by atoms with Gasteiger partial charge in [0.2, 0.25) is 14.2 Å². The minimum absolute atomic E-state index is 0.0116. The van der Waals surface area contributed by atoms with Crippen molar-refractivity contribution < 1.29 is 14.0 Å². The van der Waals surface area contributed by atoms with Crippen LogP contribution in [0.25, 0.3) is 0 Å². The van der Waals surface area contributed by atoms with Crippen molar-refractivity contribution >= 4 is 62.8 Å². The zero-order valence-electron chi connectivity index (χ0n) is 15.7. The van der Waals surface area contributed by atoms with Crippen LogP contribution in [-0.4, -0.2) is 54.9 Å². The van der Waals surface area contributed by atoms with Crippen LogP contribution in [-0.2, 0) is 14.0 Å². The number of hydrogen-bond donors (Lipinski definition) is 1. The first-order valence-electron chi connectivity index (χ1n) is 8.36. The Bertz CT molecular complexity index is 626. The summed E-state index contributed by atoms with van der Waals surface area (Å²) in [7, 11) is -3.62. The monoisotopic (exact) mass is 510 g/mol. The highest BCUT2D eigenvalue weighted by atomic mass is 127. The molecule has 9 heteroatoms. The van der Waals surface area contributed by atoms with Crippen LogP contribution in [0.5, 0.6) is 0 Å². The molecule has 2 rings (SSSR count). The average molecular weight is 511 g/mol. The first-order valence-corrected chi connectivity index (χ1v) is 17.8. The molecule has 2 aliphatic rings. The Balaban J connectivity index is 2.32. The van der Waals surface area contributed by atoms with Crippen molar-refractivity contribution in [3.05, 3.63) is 23.4 Å². The topological polar surface area (TPSA) is 58.6 Å². The second-order valence-corrected chi connectivity index (χ2v) is 19.4. The third-order valence-electron chi connectivity index (χ3n) is 3.59. The third-order valence-corrected chi connectivity index (χ3v) is 7.37. The molecule has 1 amide bonds. The summed E-state index contributed by atoms with van der Waals surface area (Å²) in [6, 6.07) is -0.193. The van der Waals surface area contributed by atoms with Crippen LogP contribution in [0.15, 0.2) is 23.4 Å². The quantitative estimate of drug-likeness (QED) is 0.257. The maximum absolute atomic E-state index is 12.8. The van der Waals surface area contributed by atoms with E-state index in [0.717, 1.165) is 15.8 Å². The number of fused-ring (bicyclic) bond motifs is 1. The summed E-state index contributed by atoms with van der Waals surface area (Å²) < 4.78 is 6.58. The molecule has 0 saturated carbocycles. The van der Waals surface area contributed by atoms with Crippen molar-refractivity contribution in [3.63, 3.8) is 0 Å². The molecule has 0 aromatic rings. The van der Waals surface area contributed by atoms with Gasteiger partial charge in [-0.2, -0.15) is 0 Å². The lowest BCUT2D eigenvalue weighted by Gasteiger charge is -2.51. The van der Waals surface area contributed by atoms with Gasteiger partial charge in [0.25, 0.3) is 0 Å². The van der Waals surface area contributed by atoms with Gasteiger partial charge in [-0.1, -0.05) is 54.4 Å². The maximum atomic E-state index is 12.8. The number of rotatable bonds is 6. The van der Waals surface area contributed by atoms with Crippen LogP contribution in [0.3, 0.4) is 0 Å². The highest BCUT2D eigenvalue weighted by Crippen LogP contribution is 2.41. The molecule has 1 fully saturated rings. The fraction of sp³-hybridized carbons (Fsp3) is 0.625. The Morgan fingerprint density at radius 1 is 1.36 bits per heavy atom. The van der Waals surface area contributed by atoms with Crippen molar-refractivity contribution in [1.29, 1.82) is 0 Å². The number of thioether (sulfide) groups is 1. The van der Waals surface area contributed by atoms with Crippen LogP contribution in [0.4, 0.5) is 0 Å². The second-order valence-electron chi connectivity index (χ2n) is 8.21. The van der Waals surface area contributed by atoms with E-state index in [4.69, 9.17) is 4.43 Å². The first-order chi connectivity index (χ1) is 11.4. The van der Waals surface area contributed by atoms with Gasteiger partial charge in [-0.15, -0.1) is 11.8 Å². The molecular weight excluding hydrogens is 483 g/mol. The number of alkyl halides is 1. The molecule has 1 N–H and O–H groups in total. The van der Waals surface area contributed by atoms with E-state index in [1.165, 1.54) is 0 Å². The fourth-order valence-corrected chi connectivity index (χ4v) is 6.30. The molecule has 0 aromatic carbocycles. The van der Waals surface area contributed by atoms with Crippen molar-refractivity contribution in [2.24, 2.45) is 0 Å². The standard InChI is InChI=1S/C16H27IN2O3SSi2/c1-24(2,3)18-12-14(20)19-13(16(21)22-25(4,5)6)11(8-7-9-17)10-23-15(12)19/h7-8,12,15,18H,9-10H2,1-6H3/b8-7+/t12-,15-/m1/s1. The van der Waals surface area contributed by atoms with Gasteiger partial charge in [0.05, 0.1) is 0 Å². The molecule has 5 nitrogen and oxygen atoms in total. The second kappa shape index (κ2) is 7.87. The Hall–Kier alpha value is -0.106. The number of β-lactam (4-membered cyclic amide) rings is 1. The average Bonchev–Trinajstić information content (AvgIpc) is 2.47. The molecule has 0 spiro atoms. The molecule has 140 valence electrons. The third kappa shape index (κ3) is 5.21. The molecular formula is C16H27IN2O3SSi2. The normalized spacial score (nSPS) is 24.4. The maximum Gasteiger partial charge on any atom is 0.342 e. The molecule has 25 heavy (non-hydrogen) atoms. The Morgan fingerprint density at radius 2 is 2.00 bits per heavy atom. The zero-order valence-corrected chi connectivity index (χ0v) is 20.7. The van der Waals surface area contributed by atoms with Gasteiger partial charge < -0.3 is 9.41 Å². The van der Waals surface area contributed by atoms with E-state index in [2.05, 4.69) is 47.2 Å².